The van der Waals surface area contributed by atoms with E-state index in [0.717, 1.165) is 11.1 Å². The molecule has 0 radical (unpaired) electrons. The number of aromatic nitrogens is 4. The third kappa shape index (κ3) is 2.59. The predicted octanol–water partition coefficient (Wildman–Crippen LogP) is 1.53. The lowest BCUT2D eigenvalue weighted by atomic mass is 10.0. The molecule has 10 heteroatoms. The van der Waals surface area contributed by atoms with Crippen LogP contribution in [-0.4, -0.2) is 33.1 Å². The zero-order valence-corrected chi connectivity index (χ0v) is 11.7. The van der Waals surface area contributed by atoms with Crippen LogP contribution in [0.2, 0.25) is 0 Å². The smallest absolute Gasteiger partial charge is 0.368 e. The Hall–Kier alpha value is -1.94. The van der Waals surface area contributed by atoms with Gasteiger partial charge in [0.15, 0.2) is 5.69 Å². The summed E-state index contributed by atoms with van der Waals surface area (Å²) in [6, 6.07) is 0. The van der Waals surface area contributed by atoms with Gasteiger partial charge in [-0.3, -0.25) is 4.68 Å². The Kier molecular flexibility index (Phi) is 3.65. The average molecular weight is 317 g/mol. The molecule has 0 aliphatic carbocycles. The van der Waals surface area contributed by atoms with Crippen molar-refractivity contribution in [1.82, 2.24) is 19.9 Å². The molecule has 2 aromatic rings. The van der Waals surface area contributed by atoms with Crippen molar-refractivity contribution in [3.63, 3.8) is 0 Å². The van der Waals surface area contributed by atoms with Gasteiger partial charge in [0.2, 0.25) is 5.82 Å². The third-order valence-electron chi connectivity index (χ3n) is 3.54. The van der Waals surface area contributed by atoms with Crippen molar-refractivity contribution < 1.29 is 22.4 Å². The number of halogens is 3. The summed E-state index contributed by atoms with van der Waals surface area (Å²) in [5.74, 6) is -0.00842. The SMILES string of the molecule is Cn1cc(-c2noc([C@H]3OCC[C@H]3CN)n2)c(C(F)(F)F)n1. The maximum atomic E-state index is 13.0. The number of rotatable bonds is 3. The highest BCUT2D eigenvalue weighted by molar-refractivity contribution is 5.57. The minimum absolute atomic E-state index is 0.0179. The predicted molar refractivity (Wildman–Crippen MR) is 67.4 cm³/mol. The molecule has 0 bridgehead atoms. The molecule has 120 valence electrons. The van der Waals surface area contributed by atoms with E-state index < -0.39 is 18.0 Å². The van der Waals surface area contributed by atoms with Crippen LogP contribution in [0.5, 0.6) is 0 Å². The van der Waals surface area contributed by atoms with Crippen LogP contribution in [0.1, 0.15) is 24.1 Å². The summed E-state index contributed by atoms with van der Waals surface area (Å²) in [6.07, 6.45) is -3.12. The van der Waals surface area contributed by atoms with Gasteiger partial charge in [-0.05, 0) is 13.0 Å². The fraction of sp³-hybridized carbons (Fsp3) is 0.583. The van der Waals surface area contributed by atoms with Crippen molar-refractivity contribution in [1.29, 1.82) is 0 Å². The van der Waals surface area contributed by atoms with Crippen molar-refractivity contribution in [2.24, 2.45) is 18.7 Å². The first-order valence-electron chi connectivity index (χ1n) is 6.66. The van der Waals surface area contributed by atoms with E-state index in [1.165, 1.54) is 13.2 Å². The van der Waals surface area contributed by atoms with Gasteiger partial charge in [-0.25, -0.2) is 0 Å². The standard InChI is InChI=1S/C12H14F3N5O2/c1-20-5-7(9(18-20)12(13,14)15)10-17-11(22-19-10)8-6(4-16)2-3-21-8/h5-6,8H,2-4,16H2,1H3/t6-,8-/m0/s1. The molecule has 0 saturated carbocycles. The average Bonchev–Trinajstić information content (AvgIpc) is 3.14. The van der Waals surface area contributed by atoms with Crippen LogP contribution < -0.4 is 5.73 Å². The molecule has 2 aromatic heterocycles. The quantitative estimate of drug-likeness (QED) is 0.923. The van der Waals surface area contributed by atoms with Gasteiger partial charge < -0.3 is 15.0 Å². The van der Waals surface area contributed by atoms with Gasteiger partial charge in [0.25, 0.3) is 5.89 Å². The van der Waals surface area contributed by atoms with E-state index in [2.05, 4.69) is 15.2 Å². The molecule has 7 nitrogen and oxygen atoms in total. The fourth-order valence-electron chi connectivity index (χ4n) is 2.47. The summed E-state index contributed by atoms with van der Waals surface area (Å²) in [6.45, 7) is 0.883. The summed E-state index contributed by atoms with van der Waals surface area (Å²) in [5.41, 5.74) is 4.35. The number of nitrogens with two attached hydrogens (primary N) is 1. The molecule has 1 saturated heterocycles. The van der Waals surface area contributed by atoms with Crippen LogP contribution in [0.3, 0.4) is 0 Å². The van der Waals surface area contributed by atoms with Crippen LogP contribution >= 0.6 is 0 Å². The van der Waals surface area contributed by atoms with Gasteiger partial charge in [0, 0.05) is 25.8 Å². The van der Waals surface area contributed by atoms with E-state index in [0.29, 0.717) is 13.2 Å². The lowest BCUT2D eigenvalue weighted by molar-refractivity contribution is -0.141. The number of hydrogen-bond acceptors (Lipinski definition) is 6. The summed E-state index contributed by atoms with van der Waals surface area (Å²) < 4.78 is 50.5. The lowest BCUT2D eigenvalue weighted by Gasteiger charge is -2.11. The second kappa shape index (κ2) is 5.36. The van der Waals surface area contributed by atoms with Crippen molar-refractivity contribution in [2.75, 3.05) is 13.2 Å². The summed E-state index contributed by atoms with van der Waals surface area (Å²) in [7, 11) is 1.39. The van der Waals surface area contributed by atoms with Crippen LogP contribution in [-0.2, 0) is 18.0 Å². The van der Waals surface area contributed by atoms with Crippen molar-refractivity contribution >= 4 is 0 Å². The lowest BCUT2D eigenvalue weighted by Crippen LogP contribution is -2.18. The van der Waals surface area contributed by atoms with E-state index in [1.807, 2.05) is 0 Å². The minimum Gasteiger partial charge on any atom is -0.368 e. The molecule has 2 N–H and O–H groups in total. The van der Waals surface area contributed by atoms with Crippen LogP contribution in [0.4, 0.5) is 13.2 Å². The Morgan fingerprint density at radius 3 is 2.91 bits per heavy atom. The van der Waals surface area contributed by atoms with Gasteiger partial charge in [-0.15, -0.1) is 0 Å². The van der Waals surface area contributed by atoms with E-state index in [-0.39, 0.29) is 23.2 Å². The summed E-state index contributed by atoms with van der Waals surface area (Å²) in [4.78, 5) is 4.04. The maximum absolute atomic E-state index is 13.0. The number of ether oxygens (including phenoxy) is 1. The Morgan fingerprint density at radius 1 is 1.45 bits per heavy atom. The molecular weight excluding hydrogens is 303 g/mol. The van der Waals surface area contributed by atoms with E-state index in [9.17, 15) is 13.2 Å². The van der Waals surface area contributed by atoms with Gasteiger partial charge in [-0.2, -0.15) is 23.3 Å². The highest BCUT2D eigenvalue weighted by Crippen LogP contribution is 2.37. The third-order valence-corrected chi connectivity index (χ3v) is 3.54. The highest BCUT2D eigenvalue weighted by atomic mass is 19.4. The Bertz CT molecular complexity index is 666. The first-order valence-corrected chi connectivity index (χ1v) is 6.66. The normalized spacial score (nSPS) is 22.4. The Balaban J connectivity index is 1.95. The van der Waals surface area contributed by atoms with Gasteiger partial charge in [-0.1, -0.05) is 5.16 Å². The molecule has 1 fully saturated rings. The number of nitrogens with zero attached hydrogens (tertiary/aromatic N) is 4. The topological polar surface area (TPSA) is 92.0 Å². The van der Waals surface area contributed by atoms with Gasteiger partial charge >= 0.3 is 6.18 Å². The monoisotopic (exact) mass is 317 g/mol. The van der Waals surface area contributed by atoms with Crippen LogP contribution in [0.25, 0.3) is 11.4 Å². The molecule has 1 aliphatic rings. The second-order valence-electron chi connectivity index (χ2n) is 5.09. The molecule has 0 unspecified atom stereocenters. The van der Waals surface area contributed by atoms with Crippen LogP contribution in [0, 0.1) is 5.92 Å². The van der Waals surface area contributed by atoms with Crippen molar-refractivity contribution in [3.8, 4) is 11.4 Å². The first kappa shape index (κ1) is 15.0. The minimum atomic E-state index is -4.60. The van der Waals surface area contributed by atoms with Gasteiger partial charge in [0.1, 0.15) is 6.10 Å². The number of alkyl halides is 3. The molecule has 1 aliphatic heterocycles. The molecular formula is C12H14F3N5O2. The summed E-state index contributed by atoms with van der Waals surface area (Å²) >= 11 is 0. The van der Waals surface area contributed by atoms with E-state index in [4.69, 9.17) is 15.0 Å². The van der Waals surface area contributed by atoms with Crippen molar-refractivity contribution in [3.05, 3.63) is 17.8 Å². The Morgan fingerprint density at radius 2 is 2.23 bits per heavy atom. The number of hydrogen-bond donors (Lipinski definition) is 1. The summed E-state index contributed by atoms with van der Waals surface area (Å²) in [5, 5.41) is 7.04. The second-order valence-corrected chi connectivity index (χ2v) is 5.09. The largest absolute Gasteiger partial charge is 0.435 e. The fourth-order valence-corrected chi connectivity index (χ4v) is 2.47. The molecule has 2 atom stereocenters. The molecule has 0 spiro atoms. The van der Waals surface area contributed by atoms with Gasteiger partial charge in [0.05, 0.1) is 5.56 Å². The molecule has 0 aromatic carbocycles. The Labute approximate surface area is 123 Å². The van der Waals surface area contributed by atoms with E-state index >= 15 is 0 Å². The number of aryl methyl sites for hydroxylation is 1. The van der Waals surface area contributed by atoms with E-state index in [1.54, 1.807) is 0 Å². The van der Waals surface area contributed by atoms with Crippen LogP contribution in [0.15, 0.2) is 10.7 Å². The highest BCUT2D eigenvalue weighted by Gasteiger charge is 2.39. The van der Waals surface area contributed by atoms with Crippen molar-refractivity contribution in [2.45, 2.75) is 18.7 Å². The molecule has 3 rings (SSSR count). The first-order chi connectivity index (χ1) is 10.4. The molecule has 22 heavy (non-hydrogen) atoms. The zero-order valence-electron chi connectivity index (χ0n) is 11.7. The maximum Gasteiger partial charge on any atom is 0.435 e. The molecule has 0 amide bonds. The zero-order chi connectivity index (χ0) is 15.9. The molecule has 3 heterocycles.